The number of halogens is 1. The number of methoxy groups -OCH3 is 2. The van der Waals surface area contributed by atoms with Crippen molar-refractivity contribution in [3.8, 4) is 0 Å². The minimum atomic E-state index is -0.873. The highest BCUT2D eigenvalue weighted by Crippen LogP contribution is 2.25. The Morgan fingerprint density at radius 3 is 2.31 bits per heavy atom. The lowest BCUT2D eigenvalue weighted by Gasteiger charge is -2.26. The van der Waals surface area contributed by atoms with E-state index >= 15 is 0 Å². The van der Waals surface area contributed by atoms with Crippen LogP contribution < -0.4 is 0 Å². The van der Waals surface area contributed by atoms with Crippen LogP contribution in [0.1, 0.15) is 12.5 Å². The van der Waals surface area contributed by atoms with E-state index in [9.17, 15) is 4.39 Å². The van der Waals surface area contributed by atoms with Crippen LogP contribution in [-0.4, -0.2) is 14.2 Å². The maximum absolute atomic E-state index is 12.9. The average molecular weight is 184 g/mol. The van der Waals surface area contributed by atoms with Crippen molar-refractivity contribution in [2.45, 2.75) is 12.7 Å². The van der Waals surface area contributed by atoms with Gasteiger partial charge in [0.2, 0.25) is 0 Å². The summed E-state index contributed by atoms with van der Waals surface area (Å²) in [6.45, 7) is 1.74. The summed E-state index contributed by atoms with van der Waals surface area (Å²) < 4.78 is 23.1. The Labute approximate surface area is 77.3 Å². The molecule has 1 rings (SSSR count). The third-order valence-corrected chi connectivity index (χ3v) is 2.13. The van der Waals surface area contributed by atoms with Crippen LogP contribution in [0.25, 0.3) is 0 Å². The van der Waals surface area contributed by atoms with Gasteiger partial charge in [0.25, 0.3) is 0 Å². The van der Waals surface area contributed by atoms with E-state index in [0.717, 1.165) is 0 Å². The Kier molecular flexibility index (Phi) is 3.01. The van der Waals surface area contributed by atoms with Crippen molar-refractivity contribution in [2.75, 3.05) is 14.2 Å². The van der Waals surface area contributed by atoms with E-state index < -0.39 is 5.79 Å². The summed E-state index contributed by atoms with van der Waals surface area (Å²) in [6.07, 6.45) is 0. The van der Waals surface area contributed by atoms with Gasteiger partial charge in [-0.25, -0.2) is 4.39 Å². The monoisotopic (exact) mass is 184 g/mol. The topological polar surface area (TPSA) is 18.5 Å². The van der Waals surface area contributed by atoms with E-state index in [1.807, 2.05) is 0 Å². The predicted octanol–water partition coefficient (Wildman–Crippen LogP) is 2.29. The fourth-order valence-electron chi connectivity index (χ4n) is 1.09. The standard InChI is InChI=1S/C10H13FO2/c1-10(12-2,13-3)8-5-4-6-9(11)7-8/h4-7H,1-3H3. The molecule has 1 aromatic carbocycles. The van der Waals surface area contributed by atoms with Crippen molar-refractivity contribution >= 4 is 0 Å². The minimum Gasteiger partial charge on any atom is -0.349 e. The Hall–Kier alpha value is -0.930. The smallest absolute Gasteiger partial charge is 0.191 e. The van der Waals surface area contributed by atoms with Crippen molar-refractivity contribution in [1.82, 2.24) is 0 Å². The summed E-state index contributed by atoms with van der Waals surface area (Å²) in [5.74, 6) is -1.17. The SMILES string of the molecule is COC(C)(OC)c1cccc(F)c1. The Bertz CT molecular complexity index is 282. The summed E-state index contributed by atoms with van der Waals surface area (Å²) >= 11 is 0. The summed E-state index contributed by atoms with van der Waals surface area (Å²) in [6, 6.07) is 6.17. The molecule has 0 unspecified atom stereocenters. The van der Waals surface area contributed by atoms with Gasteiger partial charge in [-0.1, -0.05) is 12.1 Å². The van der Waals surface area contributed by atoms with Crippen molar-refractivity contribution in [3.05, 3.63) is 35.6 Å². The van der Waals surface area contributed by atoms with Gasteiger partial charge in [-0.05, 0) is 19.1 Å². The van der Waals surface area contributed by atoms with Crippen LogP contribution in [0.5, 0.6) is 0 Å². The van der Waals surface area contributed by atoms with Gasteiger partial charge < -0.3 is 9.47 Å². The molecule has 0 saturated heterocycles. The fraction of sp³-hybridized carbons (Fsp3) is 0.400. The molecule has 0 atom stereocenters. The maximum Gasteiger partial charge on any atom is 0.191 e. The second kappa shape index (κ2) is 3.85. The van der Waals surface area contributed by atoms with Crippen molar-refractivity contribution in [3.63, 3.8) is 0 Å². The van der Waals surface area contributed by atoms with Crippen LogP contribution in [-0.2, 0) is 15.3 Å². The van der Waals surface area contributed by atoms with Gasteiger partial charge in [0, 0.05) is 19.8 Å². The quantitative estimate of drug-likeness (QED) is 0.671. The van der Waals surface area contributed by atoms with E-state index in [4.69, 9.17) is 9.47 Å². The van der Waals surface area contributed by atoms with Crippen LogP contribution in [0.4, 0.5) is 4.39 Å². The number of hydrogen-bond donors (Lipinski definition) is 0. The number of hydrogen-bond acceptors (Lipinski definition) is 2. The second-order valence-corrected chi connectivity index (χ2v) is 2.86. The highest BCUT2D eigenvalue weighted by Gasteiger charge is 2.25. The molecule has 0 heterocycles. The van der Waals surface area contributed by atoms with Gasteiger partial charge in [-0.3, -0.25) is 0 Å². The zero-order chi connectivity index (χ0) is 9.90. The third-order valence-electron chi connectivity index (χ3n) is 2.13. The van der Waals surface area contributed by atoms with Crippen molar-refractivity contribution in [2.24, 2.45) is 0 Å². The van der Waals surface area contributed by atoms with Gasteiger partial charge in [0.1, 0.15) is 5.82 Å². The molecule has 13 heavy (non-hydrogen) atoms. The van der Waals surface area contributed by atoms with Crippen LogP contribution in [0.2, 0.25) is 0 Å². The zero-order valence-corrected chi connectivity index (χ0v) is 8.00. The Morgan fingerprint density at radius 1 is 1.23 bits per heavy atom. The molecule has 0 aromatic heterocycles. The molecule has 0 amide bonds. The molecule has 0 aliphatic carbocycles. The van der Waals surface area contributed by atoms with Gasteiger partial charge in [0.05, 0.1) is 0 Å². The lowest BCUT2D eigenvalue weighted by molar-refractivity contribution is -0.201. The molecule has 0 fully saturated rings. The molecule has 0 aliphatic heterocycles. The molecule has 0 spiro atoms. The van der Waals surface area contributed by atoms with Gasteiger partial charge in [-0.2, -0.15) is 0 Å². The van der Waals surface area contributed by atoms with E-state index in [2.05, 4.69) is 0 Å². The summed E-state index contributed by atoms with van der Waals surface area (Å²) in [7, 11) is 3.04. The Balaban J connectivity index is 3.05. The van der Waals surface area contributed by atoms with E-state index in [1.165, 1.54) is 26.4 Å². The fourth-order valence-corrected chi connectivity index (χ4v) is 1.09. The second-order valence-electron chi connectivity index (χ2n) is 2.86. The van der Waals surface area contributed by atoms with E-state index in [0.29, 0.717) is 5.56 Å². The summed E-state index contributed by atoms with van der Waals surface area (Å²) in [4.78, 5) is 0. The molecular formula is C10H13FO2. The largest absolute Gasteiger partial charge is 0.349 e. The van der Waals surface area contributed by atoms with Gasteiger partial charge in [0.15, 0.2) is 5.79 Å². The number of benzene rings is 1. The summed E-state index contributed by atoms with van der Waals surface area (Å²) in [5.41, 5.74) is 0.664. The molecule has 0 N–H and O–H groups in total. The zero-order valence-electron chi connectivity index (χ0n) is 8.00. The minimum absolute atomic E-state index is 0.294. The van der Waals surface area contributed by atoms with E-state index in [1.54, 1.807) is 19.1 Å². The first-order valence-corrected chi connectivity index (χ1v) is 3.99. The van der Waals surface area contributed by atoms with Crippen LogP contribution in [0, 0.1) is 5.82 Å². The lowest BCUT2D eigenvalue weighted by Crippen LogP contribution is -2.26. The molecule has 3 heteroatoms. The first-order chi connectivity index (χ1) is 6.12. The molecule has 2 nitrogen and oxygen atoms in total. The molecular weight excluding hydrogens is 171 g/mol. The molecule has 0 bridgehead atoms. The maximum atomic E-state index is 12.9. The lowest BCUT2D eigenvalue weighted by atomic mass is 10.1. The average Bonchev–Trinajstić information content (AvgIpc) is 2.17. The van der Waals surface area contributed by atoms with E-state index in [-0.39, 0.29) is 5.82 Å². The predicted molar refractivity (Wildman–Crippen MR) is 47.8 cm³/mol. The molecule has 0 radical (unpaired) electrons. The molecule has 72 valence electrons. The van der Waals surface area contributed by atoms with Crippen LogP contribution in [0.3, 0.4) is 0 Å². The van der Waals surface area contributed by atoms with Crippen molar-refractivity contribution < 1.29 is 13.9 Å². The van der Waals surface area contributed by atoms with Gasteiger partial charge in [-0.15, -0.1) is 0 Å². The molecule has 1 aromatic rings. The molecule has 0 aliphatic rings. The normalized spacial score (nSPS) is 11.7. The van der Waals surface area contributed by atoms with Crippen LogP contribution in [0.15, 0.2) is 24.3 Å². The number of rotatable bonds is 3. The Morgan fingerprint density at radius 2 is 1.85 bits per heavy atom. The van der Waals surface area contributed by atoms with Crippen LogP contribution >= 0.6 is 0 Å². The number of ether oxygens (including phenoxy) is 2. The first-order valence-electron chi connectivity index (χ1n) is 3.99. The highest BCUT2D eigenvalue weighted by atomic mass is 19.1. The molecule has 0 saturated carbocycles. The van der Waals surface area contributed by atoms with Gasteiger partial charge >= 0.3 is 0 Å². The highest BCUT2D eigenvalue weighted by molar-refractivity contribution is 5.20. The van der Waals surface area contributed by atoms with Crippen molar-refractivity contribution in [1.29, 1.82) is 0 Å². The third kappa shape index (κ3) is 2.05. The first kappa shape index (κ1) is 10.2. The summed E-state index contributed by atoms with van der Waals surface area (Å²) in [5, 5.41) is 0.